The summed E-state index contributed by atoms with van der Waals surface area (Å²) >= 11 is 0. The highest BCUT2D eigenvalue weighted by atomic mass is 16.6. The lowest BCUT2D eigenvalue weighted by molar-refractivity contribution is -0.386. The number of hydrogen-bond donors (Lipinski definition) is 2. The quantitative estimate of drug-likeness (QED) is 0.592. The molecule has 1 saturated heterocycles. The van der Waals surface area contributed by atoms with Gasteiger partial charge in [0.1, 0.15) is 11.4 Å². The van der Waals surface area contributed by atoms with Gasteiger partial charge in [0.05, 0.1) is 11.0 Å². The van der Waals surface area contributed by atoms with Gasteiger partial charge in [0.25, 0.3) is 0 Å². The van der Waals surface area contributed by atoms with Gasteiger partial charge in [-0.2, -0.15) is 0 Å². The highest BCUT2D eigenvalue weighted by Gasteiger charge is 2.34. The molecule has 0 unspecified atom stereocenters. The number of phenolic OH excluding ortho intramolecular Hbond substituents is 1. The Kier molecular flexibility index (Phi) is 2.43. The van der Waals surface area contributed by atoms with E-state index in [0.717, 1.165) is 0 Å². The van der Waals surface area contributed by atoms with E-state index in [1.165, 1.54) is 18.2 Å². The summed E-state index contributed by atoms with van der Waals surface area (Å²) in [6, 6.07) is 4.02. The number of hydrogen-bond acceptors (Lipinski definition) is 5. The molecule has 0 aromatic heterocycles. The monoisotopic (exact) mass is 224 g/mol. The summed E-state index contributed by atoms with van der Waals surface area (Å²) < 4.78 is 5.61. The van der Waals surface area contributed by atoms with E-state index in [4.69, 9.17) is 4.74 Å². The van der Waals surface area contributed by atoms with Gasteiger partial charge >= 0.3 is 5.69 Å². The Balaban J connectivity index is 2.22. The molecule has 0 radical (unpaired) electrons. The average Bonchev–Trinajstić information content (AvgIpc) is 2.18. The summed E-state index contributed by atoms with van der Waals surface area (Å²) in [5, 5.41) is 22.9. The van der Waals surface area contributed by atoms with E-state index in [9.17, 15) is 15.2 Å². The van der Waals surface area contributed by atoms with Gasteiger partial charge in [-0.15, -0.1) is 0 Å². The molecule has 86 valence electrons. The van der Waals surface area contributed by atoms with Crippen LogP contribution in [0, 0.1) is 10.1 Å². The van der Waals surface area contributed by atoms with Crippen molar-refractivity contribution < 1.29 is 14.8 Å². The third-order valence-corrected chi connectivity index (χ3v) is 2.51. The third kappa shape index (κ3) is 1.92. The number of nitro groups is 1. The van der Waals surface area contributed by atoms with Crippen LogP contribution in [0.25, 0.3) is 0 Å². The molecule has 1 aliphatic rings. The standard InChI is InChI=1S/C10H12N2O4/c1-10(5-11-6-10)16-7-2-3-9(13)8(4-7)12(14)15/h2-4,11,13H,5-6H2,1H3. The summed E-state index contributed by atoms with van der Waals surface area (Å²) in [7, 11) is 0. The van der Waals surface area contributed by atoms with Gasteiger partial charge in [-0.05, 0) is 19.1 Å². The first-order valence-corrected chi connectivity index (χ1v) is 4.87. The fourth-order valence-electron chi connectivity index (χ4n) is 1.55. The second-order valence-corrected chi connectivity index (χ2v) is 4.06. The topological polar surface area (TPSA) is 84.6 Å². The van der Waals surface area contributed by atoms with Crippen molar-refractivity contribution in [1.29, 1.82) is 0 Å². The predicted octanol–water partition coefficient (Wildman–Crippen LogP) is 1.04. The minimum atomic E-state index is -0.635. The Morgan fingerprint density at radius 2 is 2.25 bits per heavy atom. The van der Waals surface area contributed by atoms with Crippen LogP contribution in [-0.2, 0) is 0 Å². The largest absolute Gasteiger partial charge is 0.502 e. The van der Waals surface area contributed by atoms with Crippen molar-refractivity contribution in [2.24, 2.45) is 0 Å². The molecule has 0 bridgehead atoms. The summed E-state index contributed by atoms with van der Waals surface area (Å²) in [4.78, 5) is 9.97. The molecule has 0 saturated carbocycles. The first-order valence-electron chi connectivity index (χ1n) is 4.87. The Morgan fingerprint density at radius 3 is 2.75 bits per heavy atom. The van der Waals surface area contributed by atoms with Gasteiger partial charge in [0.15, 0.2) is 5.75 Å². The van der Waals surface area contributed by atoms with Crippen LogP contribution in [0.2, 0.25) is 0 Å². The number of rotatable bonds is 3. The fraction of sp³-hybridized carbons (Fsp3) is 0.400. The molecule has 0 spiro atoms. The Hall–Kier alpha value is -1.82. The molecule has 16 heavy (non-hydrogen) atoms. The minimum Gasteiger partial charge on any atom is -0.502 e. The SMILES string of the molecule is CC1(Oc2ccc(O)c([N+](=O)[O-])c2)CNC1. The van der Waals surface area contributed by atoms with Gasteiger partial charge < -0.3 is 15.2 Å². The molecular formula is C10H12N2O4. The number of nitrogens with one attached hydrogen (secondary N) is 1. The van der Waals surface area contributed by atoms with Crippen molar-refractivity contribution in [3.05, 3.63) is 28.3 Å². The van der Waals surface area contributed by atoms with E-state index in [-0.39, 0.29) is 17.0 Å². The average molecular weight is 224 g/mol. The van der Waals surface area contributed by atoms with Crippen LogP contribution >= 0.6 is 0 Å². The molecule has 6 nitrogen and oxygen atoms in total. The van der Waals surface area contributed by atoms with Crippen LogP contribution in [-0.4, -0.2) is 28.7 Å². The molecule has 1 heterocycles. The molecule has 0 aliphatic carbocycles. The zero-order chi connectivity index (χ0) is 11.8. The summed E-state index contributed by atoms with van der Waals surface area (Å²) in [6.07, 6.45) is 0. The van der Waals surface area contributed by atoms with Gasteiger partial charge in [0.2, 0.25) is 0 Å². The Labute approximate surface area is 92.0 Å². The van der Waals surface area contributed by atoms with Gasteiger partial charge in [-0.25, -0.2) is 0 Å². The number of phenols is 1. The zero-order valence-corrected chi connectivity index (χ0v) is 8.77. The van der Waals surface area contributed by atoms with Crippen molar-refractivity contribution in [2.75, 3.05) is 13.1 Å². The van der Waals surface area contributed by atoms with Gasteiger partial charge in [-0.1, -0.05) is 0 Å². The van der Waals surface area contributed by atoms with E-state index in [2.05, 4.69) is 5.32 Å². The second kappa shape index (κ2) is 3.64. The molecule has 2 N–H and O–H groups in total. The minimum absolute atomic E-state index is 0.315. The first-order chi connectivity index (χ1) is 7.50. The van der Waals surface area contributed by atoms with Crippen LogP contribution < -0.4 is 10.1 Å². The maximum atomic E-state index is 10.6. The Morgan fingerprint density at radius 1 is 1.56 bits per heavy atom. The highest BCUT2D eigenvalue weighted by molar-refractivity contribution is 5.50. The van der Waals surface area contributed by atoms with E-state index in [1.807, 2.05) is 6.92 Å². The van der Waals surface area contributed by atoms with Gasteiger partial charge in [-0.3, -0.25) is 10.1 Å². The number of ether oxygens (including phenoxy) is 1. The number of nitrogens with zero attached hydrogens (tertiary/aromatic N) is 1. The van der Waals surface area contributed by atoms with Crippen molar-refractivity contribution in [3.63, 3.8) is 0 Å². The second-order valence-electron chi connectivity index (χ2n) is 4.06. The maximum Gasteiger partial charge on any atom is 0.314 e. The molecule has 1 aromatic rings. The van der Waals surface area contributed by atoms with E-state index >= 15 is 0 Å². The fourth-order valence-corrected chi connectivity index (χ4v) is 1.55. The number of benzene rings is 1. The van der Waals surface area contributed by atoms with E-state index in [0.29, 0.717) is 18.8 Å². The molecule has 2 rings (SSSR count). The molecule has 0 atom stereocenters. The van der Waals surface area contributed by atoms with Crippen LogP contribution in [0.5, 0.6) is 11.5 Å². The van der Waals surface area contributed by atoms with Crippen LogP contribution in [0.15, 0.2) is 18.2 Å². The Bertz CT molecular complexity index is 429. The molecule has 0 amide bonds. The van der Waals surface area contributed by atoms with Gasteiger partial charge in [0, 0.05) is 13.1 Å². The summed E-state index contributed by atoms with van der Waals surface area (Å²) in [6.45, 7) is 3.34. The molecule has 6 heteroatoms. The van der Waals surface area contributed by atoms with Crippen LogP contribution in [0.1, 0.15) is 6.92 Å². The smallest absolute Gasteiger partial charge is 0.314 e. The van der Waals surface area contributed by atoms with Crippen molar-refractivity contribution in [1.82, 2.24) is 5.32 Å². The third-order valence-electron chi connectivity index (χ3n) is 2.51. The maximum absolute atomic E-state index is 10.6. The van der Waals surface area contributed by atoms with Crippen LogP contribution in [0.3, 0.4) is 0 Å². The van der Waals surface area contributed by atoms with Crippen molar-refractivity contribution >= 4 is 5.69 Å². The molecular weight excluding hydrogens is 212 g/mol. The lowest BCUT2D eigenvalue weighted by atomic mass is 10.00. The molecule has 1 aromatic carbocycles. The normalized spacial score (nSPS) is 17.6. The van der Waals surface area contributed by atoms with E-state index in [1.54, 1.807) is 0 Å². The summed E-state index contributed by atoms with van der Waals surface area (Å²) in [5.74, 6) is 0.0442. The van der Waals surface area contributed by atoms with E-state index < -0.39 is 4.92 Å². The number of nitro benzene ring substituents is 1. The van der Waals surface area contributed by atoms with Crippen LogP contribution in [0.4, 0.5) is 5.69 Å². The highest BCUT2D eigenvalue weighted by Crippen LogP contribution is 2.31. The van der Waals surface area contributed by atoms with Crippen molar-refractivity contribution in [2.45, 2.75) is 12.5 Å². The first kappa shape index (κ1) is 10.7. The lowest BCUT2D eigenvalue weighted by Crippen LogP contribution is -2.61. The van der Waals surface area contributed by atoms with Crippen molar-refractivity contribution in [3.8, 4) is 11.5 Å². The molecule has 1 aliphatic heterocycles. The number of aromatic hydroxyl groups is 1. The summed E-state index contributed by atoms with van der Waals surface area (Å²) in [5.41, 5.74) is -0.654. The molecule has 1 fully saturated rings. The lowest BCUT2D eigenvalue weighted by Gasteiger charge is -2.39. The predicted molar refractivity (Wildman–Crippen MR) is 56.7 cm³/mol. The zero-order valence-electron chi connectivity index (χ0n) is 8.77.